The first-order chi connectivity index (χ1) is 9.43. The molecule has 0 aromatic heterocycles. The van der Waals surface area contributed by atoms with Crippen LogP contribution in [0.1, 0.15) is 24.2 Å². The first-order valence-electron chi connectivity index (χ1n) is 6.20. The number of ether oxygens (including phenoxy) is 2. The van der Waals surface area contributed by atoms with Crippen LogP contribution in [0.4, 0.5) is 0 Å². The van der Waals surface area contributed by atoms with Crippen molar-refractivity contribution in [2.24, 2.45) is 5.92 Å². The van der Waals surface area contributed by atoms with Crippen LogP contribution in [0.2, 0.25) is 0 Å². The van der Waals surface area contributed by atoms with E-state index in [1.165, 1.54) is 7.11 Å². The number of ketones is 1. The Morgan fingerprint density at radius 1 is 1.25 bits per heavy atom. The fourth-order valence-corrected chi connectivity index (χ4v) is 1.44. The molecular formula is C15H18O5. The Morgan fingerprint density at radius 2 is 1.95 bits per heavy atom. The Hall–Kier alpha value is -2.30. The van der Waals surface area contributed by atoms with Crippen LogP contribution in [0.3, 0.4) is 0 Å². The molecule has 0 aliphatic carbocycles. The van der Waals surface area contributed by atoms with Crippen molar-refractivity contribution >= 4 is 11.8 Å². The normalized spacial score (nSPS) is 10.8. The van der Waals surface area contributed by atoms with Crippen molar-refractivity contribution in [3.63, 3.8) is 0 Å². The van der Waals surface area contributed by atoms with Gasteiger partial charge in [0.25, 0.3) is 0 Å². The van der Waals surface area contributed by atoms with Gasteiger partial charge in [-0.1, -0.05) is 13.8 Å². The molecule has 0 aliphatic heterocycles. The molecule has 0 aliphatic rings. The number of allylic oxidation sites excluding steroid dienone is 1. The Bertz CT molecular complexity index is 517. The maximum absolute atomic E-state index is 11.8. The highest BCUT2D eigenvalue weighted by atomic mass is 16.5. The zero-order valence-corrected chi connectivity index (χ0v) is 11.8. The predicted molar refractivity (Wildman–Crippen MR) is 74.4 cm³/mol. The average molecular weight is 278 g/mol. The average Bonchev–Trinajstić information content (AvgIpc) is 2.41. The SMILES string of the molecule is COc1ccc(C(=O)/C=C/C(=O)O)cc1OCC(C)C. The van der Waals surface area contributed by atoms with E-state index in [9.17, 15) is 9.59 Å². The van der Waals surface area contributed by atoms with E-state index in [0.717, 1.165) is 12.2 Å². The van der Waals surface area contributed by atoms with Gasteiger partial charge < -0.3 is 14.6 Å². The molecule has 1 aromatic rings. The number of aliphatic carboxylic acids is 1. The van der Waals surface area contributed by atoms with Crippen molar-refractivity contribution in [2.45, 2.75) is 13.8 Å². The summed E-state index contributed by atoms with van der Waals surface area (Å²) in [7, 11) is 1.52. The molecule has 0 radical (unpaired) electrons. The summed E-state index contributed by atoms with van der Waals surface area (Å²) < 4.78 is 10.8. The topological polar surface area (TPSA) is 72.8 Å². The predicted octanol–water partition coefficient (Wildman–Crippen LogP) is 2.55. The van der Waals surface area contributed by atoms with Gasteiger partial charge in [-0.05, 0) is 30.2 Å². The number of benzene rings is 1. The van der Waals surface area contributed by atoms with Gasteiger partial charge in [0.05, 0.1) is 13.7 Å². The van der Waals surface area contributed by atoms with Crippen LogP contribution in [0, 0.1) is 5.92 Å². The molecule has 1 rings (SSSR count). The summed E-state index contributed by atoms with van der Waals surface area (Å²) in [6.07, 6.45) is 1.82. The molecule has 0 amide bonds. The second-order valence-electron chi connectivity index (χ2n) is 4.61. The molecule has 20 heavy (non-hydrogen) atoms. The van der Waals surface area contributed by atoms with E-state index in [-0.39, 0.29) is 0 Å². The van der Waals surface area contributed by atoms with E-state index in [1.54, 1.807) is 18.2 Å². The van der Waals surface area contributed by atoms with Crippen molar-refractivity contribution < 1.29 is 24.2 Å². The molecule has 0 unspecified atom stereocenters. The zero-order chi connectivity index (χ0) is 15.1. The second kappa shape index (κ2) is 7.33. The van der Waals surface area contributed by atoms with Gasteiger partial charge in [-0.2, -0.15) is 0 Å². The smallest absolute Gasteiger partial charge is 0.328 e. The van der Waals surface area contributed by atoms with Crippen LogP contribution in [-0.4, -0.2) is 30.6 Å². The molecule has 108 valence electrons. The Labute approximate surface area is 117 Å². The van der Waals surface area contributed by atoms with E-state index < -0.39 is 11.8 Å². The lowest BCUT2D eigenvalue weighted by atomic mass is 10.1. The van der Waals surface area contributed by atoms with Crippen LogP contribution in [-0.2, 0) is 4.79 Å². The van der Waals surface area contributed by atoms with Gasteiger partial charge in [-0.3, -0.25) is 4.79 Å². The van der Waals surface area contributed by atoms with Gasteiger partial charge in [0.1, 0.15) is 0 Å². The third-order valence-corrected chi connectivity index (χ3v) is 2.40. The summed E-state index contributed by atoms with van der Waals surface area (Å²) in [5, 5.41) is 8.51. The first kappa shape index (κ1) is 15.8. The van der Waals surface area contributed by atoms with Crippen LogP contribution < -0.4 is 9.47 Å². The first-order valence-corrected chi connectivity index (χ1v) is 6.20. The highest BCUT2D eigenvalue weighted by molar-refractivity contribution is 6.07. The van der Waals surface area contributed by atoms with E-state index in [4.69, 9.17) is 14.6 Å². The quantitative estimate of drug-likeness (QED) is 0.613. The Balaban J connectivity index is 2.96. The lowest BCUT2D eigenvalue weighted by molar-refractivity contribution is -0.131. The van der Waals surface area contributed by atoms with Crippen molar-refractivity contribution in [3.05, 3.63) is 35.9 Å². The minimum Gasteiger partial charge on any atom is -0.493 e. The number of carboxylic acids is 1. The number of carboxylic acid groups (broad SMARTS) is 1. The second-order valence-corrected chi connectivity index (χ2v) is 4.61. The maximum atomic E-state index is 11.8. The summed E-state index contributed by atoms with van der Waals surface area (Å²) in [4.78, 5) is 22.2. The number of carbonyl (C=O) groups is 2. The van der Waals surface area contributed by atoms with Crippen molar-refractivity contribution in [1.29, 1.82) is 0 Å². The summed E-state index contributed by atoms with van der Waals surface area (Å²) in [5.41, 5.74) is 0.349. The minimum absolute atomic E-state index is 0.339. The fraction of sp³-hybridized carbons (Fsp3) is 0.333. The van der Waals surface area contributed by atoms with Gasteiger partial charge in [-0.15, -0.1) is 0 Å². The molecule has 1 aromatic carbocycles. The molecule has 0 saturated heterocycles. The van der Waals surface area contributed by atoms with E-state index >= 15 is 0 Å². The van der Waals surface area contributed by atoms with Crippen molar-refractivity contribution in [2.75, 3.05) is 13.7 Å². The van der Waals surface area contributed by atoms with Gasteiger partial charge in [0, 0.05) is 11.6 Å². The van der Waals surface area contributed by atoms with Gasteiger partial charge in [0.15, 0.2) is 17.3 Å². The summed E-state index contributed by atoms with van der Waals surface area (Å²) in [6.45, 7) is 4.52. The van der Waals surface area contributed by atoms with Gasteiger partial charge in [-0.25, -0.2) is 4.79 Å². The molecule has 0 saturated carbocycles. The monoisotopic (exact) mass is 278 g/mol. The highest BCUT2D eigenvalue weighted by Gasteiger charge is 2.10. The number of methoxy groups -OCH3 is 1. The standard InChI is InChI=1S/C15H18O5/c1-10(2)9-20-14-8-11(4-6-13(14)19-3)12(16)5-7-15(17)18/h4-8,10H,9H2,1-3H3,(H,17,18)/b7-5+. The van der Waals surface area contributed by atoms with E-state index in [0.29, 0.717) is 29.6 Å². The van der Waals surface area contributed by atoms with E-state index in [2.05, 4.69) is 0 Å². The van der Waals surface area contributed by atoms with E-state index in [1.807, 2.05) is 13.8 Å². The minimum atomic E-state index is -1.16. The summed E-state index contributed by atoms with van der Waals surface area (Å²) in [5.74, 6) is -0.223. The fourth-order valence-electron chi connectivity index (χ4n) is 1.44. The zero-order valence-electron chi connectivity index (χ0n) is 11.8. The van der Waals surface area contributed by atoms with Gasteiger partial charge >= 0.3 is 5.97 Å². The number of carbonyl (C=O) groups excluding carboxylic acids is 1. The molecule has 5 nitrogen and oxygen atoms in total. The summed E-state index contributed by atoms with van der Waals surface area (Å²) in [6, 6.07) is 4.74. The van der Waals surface area contributed by atoms with Crippen molar-refractivity contribution in [1.82, 2.24) is 0 Å². The lowest BCUT2D eigenvalue weighted by Gasteiger charge is -2.13. The molecule has 0 heterocycles. The summed E-state index contributed by atoms with van der Waals surface area (Å²) >= 11 is 0. The molecule has 0 fully saturated rings. The Kier molecular flexibility index (Phi) is 5.77. The van der Waals surface area contributed by atoms with Crippen LogP contribution >= 0.6 is 0 Å². The number of hydrogen-bond donors (Lipinski definition) is 1. The highest BCUT2D eigenvalue weighted by Crippen LogP contribution is 2.28. The molecule has 0 spiro atoms. The number of rotatable bonds is 7. The third kappa shape index (κ3) is 4.76. The number of hydrogen-bond acceptors (Lipinski definition) is 4. The van der Waals surface area contributed by atoms with Crippen LogP contribution in [0.25, 0.3) is 0 Å². The van der Waals surface area contributed by atoms with Crippen LogP contribution in [0.15, 0.2) is 30.4 Å². The van der Waals surface area contributed by atoms with Crippen LogP contribution in [0.5, 0.6) is 11.5 Å². The molecule has 0 bridgehead atoms. The lowest BCUT2D eigenvalue weighted by Crippen LogP contribution is -2.06. The third-order valence-electron chi connectivity index (χ3n) is 2.40. The maximum Gasteiger partial charge on any atom is 0.328 e. The van der Waals surface area contributed by atoms with Crippen molar-refractivity contribution in [3.8, 4) is 11.5 Å². The molecule has 5 heteroatoms. The molecular weight excluding hydrogens is 260 g/mol. The molecule has 1 N–H and O–H groups in total. The largest absolute Gasteiger partial charge is 0.493 e. The van der Waals surface area contributed by atoms with Gasteiger partial charge in [0.2, 0.25) is 0 Å². The molecule has 0 atom stereocenters. The Morgan fingerprint density at radius 3 is 2.50 bits per heavy atom.